The van der Waals surface area contributed by atoms with Crippen LogP contribution in [0.2, 0.25) is 0 Å². The average Bonchev–Trinajstić information content (AvgIpc) is 2.29. The monoisotopic (exact) mass is 313 g/mol. The summed E-state index contributed by atoms with van der Waals surface area (Å²) in [4.78, 5) is 14.4. The molecule has 0 aliphatic heterocycles. The zero-order chi connectivity index (χ0) is 13.2. The molecule has 0 aromatic heterocycles. The minimum absolute atomic E-state index is 0.194. The molecule has 0 heterocycles. The molecule has 0 N–H and O–H groups in total. The Balaban J connectivity index is 2.52. The van der Waals surface area contributed by atoms with Gasteiger partial charge in [-0.3, -0.25) is 0 Å². The van der Waals surface area contributed by atoms with Crippen LogP contribution >= 0.6 is 15.9 Å². The van der Waals surface area contributed by atoms with E-state index in [2.05, 4.69) is 20.9 Å². The largest absolute Gasteiger partial charge is 0.380 e. The molecule has 0 unspecified atom stereocenters. The number of rotatable bonds is 4. The van der Waals surface area contributed by atoms with Gasteiger partial charge >= 0.3 is 0 Å². The summed E-state index contributed by atoms with van der Waals surface area (Å²) in [6.07, 6.45) is 3.88. The van der Waals surface area contributed by atoms with Crippen LogP contribution in [-0.4, -0.2) is 13.2 Å². The minimum Gasteiger partial charge on any atom is -0.380 e. The molecule has 1 aliphatic carbocycles. The summed E-state index contributed by atoms with van der Waals surface area (Å²) in [6, 6.07) is 3.37. The van der Waals surface area contributed by atoms with Crippen molar-refractivity contribution in [2.24, 2.45) is 4.99 Å². The van der Waals surface area contributed by atoms with E-state index in [0.717, 1.165) is 10.9 Å². The van der Waals surface area contributed by atoms with Crippen molar-refractivity contribution in [2.45, 2.75) is 31.4 Å². The second-order valence-electron chi connectivity index (χ2n) is 4.45. The van der Waals surface area contributed by atoms with Crippen molar-refractivity contribution in [1.29, 1.82) is 0 Å². The van der Waals surface area contributed by atoms with Gasteiger partial charge in [0.1, 0.15) is 11.4 Å². The van der Waals surface area contributed by atoms with E-state index in [4.69, 9.17) is 4.74 Å². The number of halogens is 2. The fourth-order valence-electron chi connectivity index (χ4n) is 2.29. The third kappa shape index (κ3) is 2.26. The van der Waals surface area contributed by atoms with Crippen LogP contribution in [0.3, 0.4) is 0 Å². The van der Waals surface area contributed by atoms with Gasteiger partial charge in [0.15, 0.2) is 0 Å². The molecule has 18 heavy (non-hydrogen) atoms. The molecule has 5 heteroatoms. The predicted octanol–water partition coefficient (Wildman–Crippen LogP) is 3.45. The average molecular weight is 314 g/mol. The molecular formula is C13H13BrFNO2. The second-order valence-corrected chi connectivity index (χ2v) is 5.36. The third-order valence-corrected chi connectivity index (χ3v) is 3.81. The van der Waals surface area contributed by atoms with Crippen molar-refractivity contribution in [3.8, 4) is 0 Å². The lowest BCUT2D eigenvalue weighted by Gasteiger charge is -2.37. The van der Waals surface area contributed by atoms with Crippen LogP contribution in [0.25, 0.3) is 0 Å². The lowest BCUT2D eigenvalue weighted by Crippen LogP contribution is -2.33. The van der Waals surface area contributed by atoms with Crippen LogP contribution in [-0.2, 0) is 21.7 Å². The van der Waals surface area contributed by atoms with Crippen molar-refractivity contribution in [1.82, 2.24) is 0 Å². The molecule has 2 rings (SSSR count). The summed E-state index contributed by atoms with van der Waals surface area (Å²) in [7, 11) is 1.52. The van der Waals surface area contributed by atoms with Gasteiger partial charge in [-0.25, -0.2) is 9.18 Å². The first-order valence-corrected chi connectivity index (χ1v) is 6.48. The number of hydrogen-bond donors (Lipinski definition) is 0. The van der Waals surface area contributed by atoms with Crippen LogP contribution in [0.4, 0.5) is 4.39 Å². The number of isocyanates is 1. The van der Waals surface area contributed by atoms with Gasteiger partial charge in [0.05, 0.1) is 6.61 Å². The molecule has 1 fully saturated rings. The van der Waals surface area contributed by atoms with Gasteiger partial charge < -0.3 is 4.74 Å². The lowest BCUT2D eigenvalue weighted by molar-refractivity contribution is 0.179. The Morgan fingerprint density at radius 3 is 2.78 bits per heavy atom. The van der Waals surface area contributed by atoms with Crippen LogP contribution in [0, 0.1) is 5.82 Å². The molecule has 0 amide bonds. The van der Waals surface area contributed by atoms with Gasteiger partial charge in [0, 0.05) is 22.7 Å². The molecular weight excluding hydrogens is 301 g/mol. The fourth-order valence-corrected chi connectivity index (χ4v) is 2.79. The second kappa shape index (κ2) is 5.31. The van der Waals surface area contributed by atoms with Gasteiger partial charge in [-0.05, 0) is 31.4 Å². The topological polar surface area (TPSA) is 38.7 Å². The van der Waals surface area contributed by atoms with Gasteiger partial charge in [-0.15, -0.1) is 0 Å². The maximum atomic E-state index is 14.4. The Bertz CT molecular complexity index is 508. The molecule has 0 saturated heterocycles. The maximum Gasteiger partial charge on any atom is 0.235 e. The number of nitrogens with zero attached hydrogens (tertiary/aromatic N) is 1. The number of benzene rings is 1. The normalized spacial score (nSPS) is 16.8. The number of carbonyl (C=O) groups excluding carboxylic acids is 1. The van der Waals surface area contributed by atoms with Gasteiger partial charge in [-0.2, -0.15) is 4.99 Å². The predicted molar refractivity (Wildman–Crippen MR) is 68.5 cm³/mol. The highest BCUT2D eigenvalue weighted by atomic mass is 79.9. The Hall–Kier alpha value is -1.03. The molecule has 0 spiro atoms. The number of methoxy groups -OCH3 is 1. The van der Waals surface area contributed by atoms with Crippen LogP contribution < -0.4 is 0 Å². The first-order valence-electron chi connectivity index (χ1n) is 5.69. The smallest absolute Gasteiger partial charge is 0.235 e. The van der Waals surface area contributed by atoms with Crippen LogP contribution in [0.15, 0.2) is 21.6 Å². The molecule has 1 aromatic rings. The molecule has 1 aromatic carbocycles. The lowest BCUT2D eigenvalue weighted by atomic mass is 9.72. The Labute approximate surface area is 113 Å². The van der Waals surface area contributed by atoms with Crippen molar-refractivity contribution in [3.63, 3.8) is 0 Å². The van der Waals surface area contributed by atoms with Crippen molar-refractivity contribution < 1.29 is 13.9 Å². The molecule has 0 bridgehead atoms. The molecule has 1 saturated carbocycles. The molecule has 3 nitrogen and oxygen atoms in total. The van der Waals surface area contributed by atoms with E-state index in [0.29, 0.717) is 24.0 Å². The van der Waals surface area contributed by atoms with Crippen LogP contribution in [0.1, 0.15) is 30.4 Å². The highest BCUT2D eigenvalue weighted by Crippen LogP contribution is 2.46. The van der Waals surface area contributed by atoms with E-state index in [-0.39, 0.29) is 12.4 Å². The summed E-state index contributed by atoms with van der Waals surface area (Å²) < 4.78 is 20.1. The number of aliphatic imine (C=N–C) groups is 1. The summed E-state index contributed by atoms with van der Waals surface area (Å²) in [5.41, 5.74) is 0.200. The summed E-state index contributed by atoms with van der Waals surface area (Å²) in [6.45, 7) is 0.194. The van der Waals surface area contributed by atoms with E-state index in [1.54, 1.807) is 18.2 Å². The Morgan fingerprint density at radius 1 is 1.56 bits per heavy atom. The molecule has 0 atom stereocenters. The van der Waals surface area contributed by atoms with E-state index >= 15 is 0 Å². The fraction of sp³-hybridized carbons (Fsp3) is 0.462. The first-order chi connectivity index (χ1) is 8.63. The number of ether oxygens (including phenoxy) is 1. The van der Waals surface area contributed by atoms with Crippen molar-refractivity contribution in [2.75, 3.05) is 7.11 Å². The summed E-state index contributed by atoms with van der Waals surface area (Å²) in [5.74, 6) is -0.334. The van der Waals surface area contributed by atoms with E-state index < -0.39 is 5.54 Å². The van der Waals surface area contributed by atoms with Crippen molar-refractivity contribution in [3.05, 3.63) is 33.5 Å². The zero-order valence-corrected chi connectivity index (χ0v) is 11.6. The Kier molecular flexibility index (Phi) is 3.95. The minimum atomic E-state index is -0.724. The van der Waals surface area contributed by atoms with E-state index in [1.807, 2.05) is 0 Å². The summed E-state index contributed by atoms with van der Waals surface area (Å²) in [5, 5.41) is 0. The van der Waals surface area contributed by atoms with Gasteiger partial charge in [0.25, 0.3) is 0 Å². The standard InChI is InChI=1S/C13H13BrFNO2/c1-18-7-9-5-10(14)6-11(12(9)15)13(16-8-17)3-2-4-13/h5-6H,2-4,7H2,1H3. The maximum absolute atomic E-state index is 14.4. The zero-order valence-electron chi connectivity index (χ0n) is 10.0. The molecule has 0 radical (unpaired) electrons. The highest BCUT2D eigenvalue weighted by Gasteiger charge is 2.41. The highest BCUT2D eigenvalue weighted by molar-refractivity contribution is 9.10. The van der Waals surface area contributed by atoms with E-state index in [1.165, 1.54) is 7.11 Å². The Morgan fingerprint density at radius 2 is 2.28 bits per heavy atom. The quantitative estimate of drug-likeness (QED) is 0.631. The number of hydrogen-bond acceptors (Lipinski definition) is 3. The van der Waals surface area contributed by atoms with E-state index in [9.17, 15) is 9.18 Å². The summed E-state index contributed by atoms with van der Waals surface area (Å²) >= 11 is 3.35. The van der Waals surface area contributed by atoms with Crippen molar-refractivity contribution >= 4 is 22.0 Å². The third-order valence-electron chi connectivity index (χ3n) is 3.35. The van der Waals surface area contributed by atoms with Crippen LogP contribution in [0.5, 0.6) is 0 Å². The SMILES string of the molecule is COCc1cc(Br)cc(C2(N=C=O)CCC2)c1F. The molecule has 96 valence electrons. The van der Waals surface area contributed by atoms with Gasteiger partial charge in [0.2, 0.25) is 6.08 Å². The van der Waals surface area contributed by atoms with Gasteiger partial charge in [-0.1, -0.05) is 15.9 Å². The first kappa shape index (κ1) is 13.4. The molecule has 1 aliphatic rings.